The Kier molecular flexibility index (Phi) is 11.9. The van der Waals surface area contributed by atoms with Gasteiger partial charge in [-0.05, 0) is 49.1 Å². The molecule has 7 heteroatoms. The first-order valence-corrected chi connectivity index (χ1v) is 11.9. The molecular weight excluding hydrogens is 413 g/mol. The molecule has 0 aliphatic rings. The summed E-state index contributed by atoms with van der Waals surface area (Å²) in [6.07, 6.45) is 7.37. The molecule has 0 saturated heterocycles. The number of urea groups is 1. The molecule has 1 heterocycles. The third-order valence-electron chi connectivity index (χ3n) is 4.76. The number of amides is 2. The minimum Gasteiger partial charge on any atom is -0.616 e. The number of allylic oxidation sites excluding steroid dienone is 5. The molecule has 1 unspecified atom stereocenters. The van der Waals surface area contributed by atoms with Gasteiger partial charge in [-0.2, -0.15) is 0 Å². The lowest BCUT2D eigenvalue weighted by Crippen LogP contribution is -2.42. The number of halogens is 1. The molecule has 0 radical (unpaired) electrons. The highest BCUT2D eigenvalue weighted by atomic mass is 32.2. The average molecular weight is 448 g/mol. The van der Waals surface area contributed by atoms with Crippen LogP contribution in [-0.2, 0) is 17.7 Å². The molecule has 0 fully saturated rings. The molecule has 31 heavy (non-hydrogen) atoms. The van der Waals surface area contributed by atoms with Gasteiger partial charge in [-0.1, -0.05) is 50.3 Å². The third-order valence-corrected chi connectivity index (χ3v) is 6.05. The van der Waals surface area contributed by atoms with Crippen molar-refractivity contribution in [1.82, 2.24) is 14.8 Å². The molecule has 0 aliphatic heterocycles. The highest BCUT2D eigenvalue weighted by Gasteiger charge is 2.21. The minimum absolute atomic E-state index is 0.210. The number of aromatic nitrogens is 1. The van der Waals surface area contributed by atoms with E-state index in [0.29, 0.717) is 35.9 Å². The summed E-state index contributed by atoms with van der Waals surface area (Å²) in [6, 6.07) is 3.51. The van der Waals surface area contributed by atoms with Crippen LogP contribution in [0.1, 0.15) is 44.9 Å². The van der Waals surface area contributed by atoms with Gasteiger partial charge in [0.25, 0.3) is 0 Å². The number of nitrogens with zero attached hydrogens (tertiary/aromatic N) is 3. The van der Waals surface area contributed by atoms with Crippen LogP contribution < -0.4 is 0 Å². The molecule has 1 aromatic rings. The normalized spacial score (nSPS) is 12.6. The third kappa shape index (κ3) is 9.11. The molecule has 170 valence electrons. The maximum Gasteiger partial charge on any atom is 0.324 e. The second kappa shape index (κ2) is 13.8. The van der Waals surface area contributed by atoms with E-state index < -0.39 is 11.2 Å². The van der Waals surface area contributed by atoms with Crippen molar-refractivity contribution in [2.75, 3.05) is 25.1 Å². The van der Waals surface area contributed by atoms with Gasteiger partial charge in [-0.15, -0.1) is 0 Å². The van der Waals surface area contributed by atoms with E-state index >= 15 is 0 Å². The number of hydrogen-bond acceptors (Lipinski definition) is 3. The van der Waals surface area contributed by atoms with Crippen LogP contribution in [-0.4, -0.2) is 50.5 Å². The molecule has 2 amide bonds. The molecule has 0 aromatic carbocycles. The molecule has 5 nitrogen and oxygen atoms in total. The molecule has 1 aromatic heterocycles. The number of rotatable bonds is 12. The average Bonchev–Trinajstić information content (AvgIpc) is 2.79. The second-order valence-electron chi connectivity index (χ2n) is 7.04. The van der Waals surface area contributed by atoms with E-state index in [0.717, 1.165) is 17.6 Å². The summed E-state index contributed by atoms with van der Waals surface area (Å²) in [4.78, 5) is 20.6. The van der Waals surface area contributed by atoms with Crippen molar-refractivity contribution in [2.45, 2.75) is 40.2 Å². The maximum absolute atomic E-state index is 13.4. The molecular formula is C24H34FN3O2S. The van der Waals surface area contributed by atoms with Crippen LogP contribution in [0.5, 0.6) is 0 Å². The molecule has 0 aliphatic carbocycles. The van der Waals surface area contributed by atoms with Crippen LogP contribution in [0, 0.1) is 0 Å². The van der Waals surface area contributed by atoms with E-state index in [1.165, 1.54) is 22.0 Å². The monoisotopic (exact) mass is 447 g/mol. The number of pyridine rings is 1. The van der Waals surface area contributed by atoms with Crippen molar-refractivity contribution in [3.05, 3.63) is 72.5 Å². The SMILES string of the molecule is C=C(CC)c1ccc(CN(C(=C)/C=C\C=C(\F)CC)C(=O)N(C)CC[S+]([O-])CC)nc1. The molecule has 0 bridgehead atoms. The second-order valence-corrected chi connectivity index (χ2v) is 8.90. The lowest BCUT2D eigenvalue weighted by atomic mass is 10.1. The molecule has 1 rings (SSSR count). The minimum atomic E-state index is -0.964. The van der Waals surface area contributed by atoms with E-state index in [1.807, 2.05) is 26.0 Å². The predicted molar refractivity (Wildman–Crippen MR) is 128 cm³/mol. The van der Waals surface area contributed by atoms with Gasteiger partial charge in [-0.25, -0.2) is 9.18 Å². The lowest BCUT2D eigenvalue weighted by Gasteiger charge is -2.28. The fraction of sp³-hybridized carbons (Fsp3) is 0.417. The van der Waals surface area contributed by atoms with Gasteiger partial charge in [-0.3, -0.25) is 9.88 Å². The van der Waals surface area contributed by atoms with Crippen LogP contribution in [0.2, 0.25) is 0 Å². The maximum atomic E-state index is 13.4. The Labute approximate surface area is 189 Å². The van der Waals surface area contributed by atoms with E-state index in [9.17, 15) is 13.7 Å². The first kappa shape index (κ1) is 26.7. The Morgan fingerprint density at radius 3 is 2.52 bits per heavy atom. The molecule has 0 saturated carbocycles. The summed E-state index contributed by atoms with van der Waals surface area (Å²) in [6.45, 7) is 14.2. The van der Waals surface area contributed by atoms with Crippen molar-refractivity contribution in [3.8, 4) is 0 Å². The van der Waals surface area contributed by atoms with Gasteiger partial charge < -0.3 is 9.45 Å². The quantitative estimate of drug-likeness (QED) is 0.316. The van der Waals surface area contributed by atoms with Crippen molar-refractivity contribution >= 4 is 22.8 Å². The molecule has 0 spiro atoms. The van der Waals surface area contributed by atoms with Crippen LogP contribution in [0.15, 0.2) is 61.2 Å². The van der Waals surface area contributed by atoms with Crippen LogP contribution >= 0.6 is 0 Å². The summed E-state index contributed by atoms with van der Waals surface area (Å²) >= 11 is -0.964. The van der Waals surface area contributed by atoms with Crippen molar-refractivity contribution in [1.29, 1.82) is 0 Å². The Hall–Kier alpha value is -2.38. The van der Waals surface area contributed by atoms with E-state index in [2.05, 4.69) is 18.1 Å². The van der Waals surface area contributed by atoms with Crippen LogP contribution in [0.4, 0.5) is 9.18 Å². The van der Waals surface area contributed by atoms with Gasteiger partial charge in [0.15, 0.2) is 0 Å². The zero-order valence-corrected chi connectivity index (χ0v) is 19.9. The fourth-order valence-electron chi connectivity index (χ4n) is 2.54. The number of hydrogen-bond donors (Lipinski definition) is 0. The Balaban J connectivity index is 3.04. The summed E-state index contributed by atoms with van der Waals surface area (Å²) in [5.74, 6) is 0.704. The van der Waals surface area contributed by atoms with Gasteiger partial charge in [0.05, 0.1) is 24.6 Å². The molecule has 0 N–H and O–H groups in total. The Morgan fingerprint density at radius 1 is 1.26 bits per heavy atom. The predicted octanol–water partition coefficient (Wildman–Crippen LogP) is 5.46. The van der Waals surface area contributed by atoms with Gasteiger partial charge >= 0.3 is 6.03 Å². The fourth-order valence-corrected chi connectivity index (χ4v) is 3.31. The topological polar surface area (TPSA) is 59.5 Å². The molecule has 1 atom stereocenters. The zero-order chi connectivity index (χ0) is 23.4. The van der Waals surface area contributed by atoms with Gasteiger partial charge in [0.2, 0.25) is 0 Å². The number of carbonyl (C=O) groups excluding carboxylic acids is 1. The van der Waals surface area contributed by atoms with Crippen molar-refractivity contribution < 1.29 is 13.7 Å². The van der Waals surface area contributed by atoms with Crippen molar-refractivity contribution in [3.63, 3.8) is 0 Å². The largest absolute Gasteiger partial charge is 0.616 e. The van der Waals surface area contributed by atoms with E-state index in [-0.39, 0.29) is 18.4 Å². The standard InChI is InChI=1S/C24H34FN3O2S/c1-7-19(4)21-13-14-23(26-17-21)18-28(20(5)11-10-12-22(25)8-2)24(29)27(6)15-16-31(30)9-3/h10-14,17H,4-5,7-9,15-16,18H2,1-3,6H3/b11-10-,22-12+. The lowest BCUT2D eigenvalue weighted by molar-refractivity contribution is 0.177. The zero-order valence-electron chi connectivity index (χ0n) is 19.1. The number of carbonyl (C=O) groups is 1. The van der Waals surface area contributed by atoms with Crippen molar-refractivity contribution in [2.24, 2.45) is 0 Å². The summed E-state index contributed by atoms with van der Waals surface area (Å²) in [5.41, 5.74) is 3.06. The summed E-state index contributed by atoms with van der Waals surface area (Å²) < 4.78 is 25.2. The summed E-state index contributed by atoms with van der Waals surface area (Å²) in [5, 5.41) is 0. The smallest absolute Gasteiger partial charge is 0.324 e. The first-order chi connectivity index (χ1) is 14.7. The van der Waals surface area contributed by atoms with Gasteiger partial charge in [0.1, 0.15) is 11.5 Å². The van der Waals surface area contributed by atoms with Crippen LogP contribution in [0.3, 0.4) is 0 Å². The Morgan fingerprint density at radius 2 is 1.97 bits per heavy atom. The Bertz CT molecular complexity index is 806. The van der Waals surface area contributed by atoms with E-state index in [1.54, 1.807) is 26.2 Å². The first-order valence-electron chi connectivity index (χ1n) is 10.5. The summed E-state index contributed by atoms with van der Waals surface area (Å²) in [7, 11) is 1.66. The highest BCUT2D eigenvalue weighted by Crippen LogP contribution is 2.17. The van der Waals surface area contributed by atoms with E-state index in [4.69, 9.17) is 0 Å². The van der Waals surface area contributed by atoms with Crippen LogP contribution in [0.25, 0.3) is 5.57 Å². The highest BCUT2D eigenvalue weighted by molar-refractivity contribution is 7.91. The van der Waals surface area contributed by atoms with Gasteiger partial charge in [0, 0.05) is 18.9 Å².